The average Bonchev–Trinajstić information content (AvgIpc) is 3.20. The second-order valence-corrected chi connectivity index (χ2v) is 12.1. The summed E-state index contributed by atoms with van der Waals surface area (Å²) in [5.74, 6) is 2.71. The van der Waals surface area contributed by atoms with Crippen LogP contribution in [0.1, 0.15) is 44.2 Å². The summed E-state index contributed by atoms with van der Waals surface area (Å²) in [6, 6.07) is 7.60. The first-order chi connectivity index (χ1) is 13.9. The van der Waals surface area contributed by atoms with Crippen molar-refractivity contribution in [2.45, 2.75) is 43.9 Å². The van der Waals surface area contributed by atoms with Gasteiger partial charge in [-0.1, -0.05) is 12.1 Å². The number of anilines is 1. The first kappa shape index (κ1) is 18.0. The summed E-state index contributed by atoms with van der Waals surface area (Å²) >= 11 is 1.67. The molecule has 5 nitrogen and oxygen atoms in total. The topological polar surface area (TPSA) is 63.5 Å². The molecule has 2 aromatic heterocycles. The zero-order valence-corrected chi connectivity index (χ0v) is 18.1. The molecule has 7 heteroatoms. The Morgan fingerprint density at radius 1 is 1.14 bits per heavy atom. The van der Waals surface area contributed by atoms with E-state index in [2.05, 4.69) is 20.7 Å². The highest BCUT2D eigenvalue weighted by atomic mass is 32.2. The molecule has 0 aliphatic heterocycles. The Morgan fingerprint density at radius 3 is 2.48 bits per heavy atom. The van der Waals surface area contributed by atoms with E-state index in [9.17, 15) is 8.42 Å². The molecule has 3 aromatic rings. The molecule has 4 saturated carbocycles. The van der Waals surface area contributed by atoms with Gasteiger partial charge in [0.2, 0.25) is 10.0 Å². The van der Waals surface area contributed by atoms with Crippen molar-refractivity contribution < 1.29 is 8.42 Å². The van der Waals surface area contributed by atoms with Gasteiger partial charge in [0.25, 0.3) is 0 Å². The molecular weight excluding hydrogens is 402 g/mol. The number of nitrogens with one attached hydrogen (secondary N) is 1. The lowest BCUT2D eigenvalue weighted by Crippen LogP contribution is -2.48. The van der Waals surface area contributed by atoms with E-state index in [4.69, 9.17) is 4.98 Å². The maximum Gasteiger partial charge on any atom is 0.229 e. The van der Waals surface area contributed by atoms with Crippen molar-refractivity contribution in [3.63, 3.8) is 0 Å². The fourth-order valence-corrected chi connectivity index (χ4v) is 8.06. The summed E-state index contributed by atoms with van der Waals surface area (Å²) in [5, 5.41) is 2.12. The molecule has 7 rings (SSSR count). The Balaban J connectivity index is 1.39. The average molecular weight is 428 g/mol. The number of imidazole rings is 1. The van der Waals surface area contributed by atoms with Gasteiger partial charge in [0.1, 0.15) is 0 Å². The highest BCUT2D eigenvalue weighted by Gasteiger charge is 2.52. The number of fused-ring (bicyclic) bond motifs is 1. The molecule has 0 radical (unpaired) electrons. The Labute approximate surface area is 175 Å². The van der Waals surface area contributed by atoms with Crippen LogP contribution in [-0.4, -0.2) is 24.1 Å². The van der Waals surface area contributed by atoms with E-state index in [0.29, 0.717) is 5.69 Å². The van der Waals surface area contributed by atoms with Crippen molar-refractivity contribution in [3.8, 4) is 11.3 Å². The van der Waals surface area contributed by atoms with E-state index < -0.39 is 10.0 Å². The summed E-state index contributed by atoms with van der Waals surface area (Å²) in [6.45, 7) is 0. The van der Waals surface area contributed by atoms with Crippen LogP contribution in [0.3, 0.4) is 0 Å². The van der Waals surface area contributed by atoms with Crippen molar-refractivity contribution in [1.29, 1.82) is 0 Å². The third-order valence-corrected chi connectivity index (χ3v) is 8.70. The van der Waals surface area contributed by atoms with Gasteiger partial charge in [0.05, 0.1) is 17.6 Å². The van der Waals surface area contributed by atoms with Crippen LogP contribution in [0, 0.1) is 17.8 Å². The van der Waals surface area contributed by atoms with Gasteiger partial charge in [-0.25, -0.2) is 13.4 Å². The third kappa shape index (κ3) is 3.01. The molecule has 4 aliphatic carbocycles. The summed E-state index contributed by atoms with van der Waals surface area (Å²) in [6.07, 6.45) is 11.7. The van der Waals surface area contributed by atoms with E-state index >= 15 is 0 Å². The zero-order valence-electron chi connectivity index (χ0n) is 16.5. The van der Waals surface area contributed by atoms with Gasteiger partial charge in [-0.2, -0.15) is 0 Å². The van der Waals surface area contributed by atoms with Crippen molar-refractivity contribution in [1.82, 2.24) is 9.38 Å². The first-order valence-electron chi connectivity index (χ1n) is 10.4. The Bertz CT molecular complexity index is 1170. The third-order valence-electron chi connectivity index (χ3n) is 7.25. The molecule has 0 amide bonds. The molecule has 1 N–H and O–H groups in total. The predicted octanol–water partition coefficient (Wildman–Crippen LogP) is 4.90. The van der Waals surface area contributed by atoms with E-state index in [1.54, 1.807) is 17.4 Å². The van der Waals surface area contributed by atoms with E-state index in [0.717, 1.165) is 34.0 Å². The molecule has 29 heavy (non-hydrogen) atoms. The summed E-state index contributed by atoms with van der Waals surface area (Å²) < 4.78 is 28.0. The molecule has 0 unspecified atom stereocenters. The van der Waals surface area contributed by atoms with Crippen LogP contribution < -0.4 is 4.72 Å². The fraction of sp³-hybridized carbons (Fsp3) is 0.500. The van der Waals surface area contributed by atoms with Crippen LogP contribution in [0.5, 0.6) is 0 Å². The van der Waals surface area contributed by atoms with Crippen molar-refractivity contribution in [3.05, 3.63) is 41.5 Å². The highest BCUT2D eigenvalue weighted by Crippen LogP contribution is 2.60. The molecule has 0 spiro atoms. The monoisotopic (exact) mass is 427 g/mol. The van der Waals surface area contributed by atoms with Gasteiger partial charge in [0, 0.05) is 28.2 Å². The number of nitrogens with zero attached hydrogens (tertiary/aromatic N) is 2. The van der Waals surface area contributed by atoms with Crippen LogP contribution in [0.25, 0.3) is 16.2 Å². The number of aromatic nitrogens is 2. The minimum atomic E-state index is -3.29. The largest absolute Gasteiger partial charge is 0.290 e. The molecule has 4 bridgehead atoms. The zero-order chi connectivity index (χ0) is 19.8. The predicted molar refractivity (Wildman–Crippen MR) is 117 cm³/mol. The minimum Gasteiger partial charge on any atom is -0.290 e. The van der Waals surface area contributed by atoms with Crippen LogP contribution in [-0.2, 0) is 15.4 Å². The molecule has 0 saturated heterocycles. The van der Waals surface area contributed by atoms with E-state index in [1.807, 2.05) is 18.2 Å². The van der Waals surface area contributed by atoms with E-state index in [1.165, 1.54) is 50.5 Å². The Hall–Kier alpha value is -1.86. The lowest BCUT2D eigenvalue weighted by Gasteiger charge is -2.56. The number of thiazole rings is 1. The second-order valence-electron chi connectivity index (χ2n) is 9.55. The lowest BCUT2D eigenvalue weighted by molar-refractivity contribution is -0.00696. The van der Waals surface area contributed by atoms with Crippen molar-refractivity contribution in [2.75, 3.05) is 11.0 Å². The number of rotatable bonds is 4. The van der Waals surface area contributed by atoms with Gasteiger partial charge < -0.3 is 0 Å². The lowest BCUT2D eigenvalue weighted by atomic mass is 9.49. The van der Waals surface area contributed by atoms with Crippen molar-refractivity contribution >= 4 is 32.0 Å². The van der Waals surface area contributed by atoms with Crippen LogP contribution in [0.2, 0.25) is 0 Å². The van der Waals surface area contributed by atoms with Crippen LogP contribution >= 0.6 is 11.3 Å². The standard InChI is InChI=1S/C22H25N3O2S2/c1-29(26,27)24-18-4-2-3-17(8-18)19-13-28-21-23-20(12-25(19)21)22-9-14-5-15(10-22)7-16(6-14)11-22/h2-4,8,12-16,24H,5-7,9-11H2,1H3. The van der Waals surface area contributed by atoms with E-state index in [-0.39, 0.29) is 5.41 Å². The normalized spacial score (nSPS) is 30.9. The van der Waals surface area contributed by atoms with Crippen LogP contribution in [0.15, 0.2) is 35.8 Å². The van der Waals surface area contributed by atoms with Crippen LogP contribution in [0.4, 0.5) is 5.69 Å². The number of sulfonamides is 1. The molecule has 4 fully saturated rings. The first-order valence-corrected chi connectivity index (χ1v) is 13.2. The molecule has 152 valence electrons. The number of benzene rings is 1. The maximum absolute atomic E-state index is 11.6. The fourth-order valence-electron chi connectivity index (χ4n) is 6.63. The molecule has 1 aromatic carbocycles. The molecular formula is C22H25N3O2S2. The highest BCUT2D eigenvalue weighted by molar-refractivity contribution is 7.92. The minimum absolute atomic E-state index is 0.289. The second kappa shape index (κ2) is 6.08. The molecule has 2 heterocycles. The quantitative estimate of drug-likeness (QED) is 0.644. The van der Waals surface area contributed by atoms with Crippen molar-refractivity contribution in [2.24, 2.45) is 17.8 Å². The SMILES string of the molecule is CS(=O)(=O)Nc1cccc(-c2csc3nc(C45CC6CC(CC(C6)C4)C5)cn23)c1. The molecule has 4 aliphatic rings. The number of hydrogen-bond acceptors (Lipinski definition) is 4. The Morgan fingerprint density at radius 2 is 1.83 bits per heavy atom. The van der Waals surface area contributed by atoms with Gasteiger partial charge in [-0.3, -0.25) is 9.12 Å². The Kier molecular flexibility index (Phi) is 3.76. The van der Waals surface area contributed by atoms with Gasteiger partial charge in [-0.15, -0.1) is 11.3 Å². The van der Waals surface area contributed by atoms with Gasteiger partial charge >= 0.3 is 0 Å². The van der Waals surface area contributed by atoms with Gasteiger partial charge in [0.15, 0.2) is 4.96 Å². The summed E-state index contributed by atoms with van der Waals surface area (Å²) in [5.41, 5.74) is 4.24. The maximum atomic E-state index is 11.6. The summed E-state index contributed by atoms with van der Waals surface area (Å²) in [7, 11) is -3.29. The summed E-state index contributed by atoms with van der Waals surface area (Å²) in [4.78, 5) is 6.14. The smallest absolute Gasteiger partial charge is 0.229 e. The number of hydrogen-bond donors (Lipinski definition) is 1. The molecule has 0 atom stereocenters. The van der Waals surface area contributed by atoms with Gasteiger partial charge in [-0.05, 0) is 68.4 Å².